The van der Waals surface area contributed by atoms with Gasteiger partial charge in [0.2, 0.25) is 0 Å². The van der Waals surface area contributed by atoms with E-state index in [-0.39, 0.29) is 11.7 Å². The van der Waals surface area contributed by atoms with Gasteiger partial charge in [0.1, 0.15) is 0 Å². The van der Waals surface area contributed by atoms with Gasteiger partial charge in [-0.25, -0.2) is 0 Å². The lowest BCUT2D eigenvalue weighted by Gasteiger charge is -2.08. The summed E-state index contributed by atoms with van der Waals surface area (Å²) in [5, 5.41) is 12.1. The number of hydrogen-bond acceptors (Lipinski definition) is 3. The first-order chi connectivity index (χ1) is 8.16. The number of furan rings is 1. The molecule has 1 aromatic heterocycles. The van der Waals surface area contributed by atoms with Gasteiger partial charge in [-0.1, -0.05) is 12.1 Å². The molecule has 1 heterocycles. The van der Waals surface area contributed by atoms with Gasteiger partial charge < -0.3 is 14.8 Å². The molecular weight excluding hydrogens is 218 g/mol. The average Bonchev–Trinajstić information content (AvgIpc) is 2.82. The molecule has 4 heteroatoms. The zero-order chi connectivity index (χ0) is 12.3. The van der Waals surface area contributed by atoms with Crippen LogP contribution in [0.3, 0.4) is 0 Å². The number of aliphatic hydroxyl groups excluding tert-OH is 1. The summed E-state index contributed by atoms with van der Waals surface area (Å²) < 4.78 is 4.98. The number of rotatable bonds is 3. The first kappa shape index (κ1) is 11.4. The van der Waals surface area contributed by atoms with Gasteiger partial charge in [0.15, 0.2) is 5.76 Å². The molecule has 88 valence electrons. The minimum absolute atomic E-state index is 0.257. The van der Waals surface area contributed by atoms with Crippen LogP contribution in [-0.4, -0.2) is 11.0 Å². The van der Waals surface area contributed by atoms with Crippen LogP contribution in [0.1, 0.15) is 29.1 Å². The van der Waals surface area contributed by atoms with Gasteiger partial charge in [-0.05, 0) is 36.8 Å². The molecule has 1 aromatic carbocycles. The van der Waals surface area contributed by atoms with Gasteiger partial charge in [0, 0.05) is 5.69 Å². The number of anilines is 1. The molecule has 0 aliphatic carbocycles. The van der Waals surface area contributed by atoms with Crippen molar-refractivity contribution in [3.8, 4) is 0 Å². The summed E-state index contributed by atoms with van der Waals surface area (Å²) in [4.78, 5) is 11.7. The average molecular weight is 231 g/mol. The third-order valence-electron chi connectivity index (χ3n) is 2.37. The first-order valence-electron chi connectivity index (χ1n) is 5.29. The summed E-state index contributed by atoms with van der Waals surface area (Å²) >= 11 is 0. The predicted octanol–water partition coefficient (Wildman–Crippen LogP) is 2.59. The van der Waals surface area contributed by atoms with Crippen LogP contribution in [-0.2, 0) is 0 Å². The summed E-state index contributed by atoms with van der Waals surface area (Å²) in [6.07, 6.45) is 0.886. The molecule has 0 aliphatic rings. The van der Waals surface area contributed by atoms with Gasteiger partial charge in [-0.15, -0.1) is 0 Å². The number of aliphatic hydroxyl groups is 1. The van der Waals surface area contributed by atoms with Gasteiger partial charge >= 0.3 is 0 Å². The Hall–Kier alpha value is -2.07. The number of hydrogen-bond donors (Lipinski definition) is 2. The molecule has 4 nitrogen and oxygen atoms in total. The second kappa shape index (κ2) is 4.84. The second-order valence-corrected chi connectivity index (χ2v) is 3.73. The maximum Gasteiger partial charge on any atom is 0.291 e. The minimum Gasteiger partial charge on any atom is -0.459 e. The molecule has 0 radical (unpaired) electrons. The lowest BCUT2D eigenvalue weighted by Crippen LogP contribution is -2.11. The molecule has 0 saturated heterocycles. The van der Waals surface area contributed by atoms with E-state index in [2.05, 4.69) is 5.32 Å². The molecule has 0 bridgehead atoms. The molecular formula is C13H13NO3. The Labute approximate surface area is 98.9 Å². The zero-order valence-corrected chi connectivity index (χ0v) is 9.38. The molecule has 2 aromatic rings. The normalized spacial score (nSPS) is 12.1. The smallest absolute Gasteiger partial charge is 0.291 e. The SMILES string of the molecule is C[C@H](O)c1cccc(NC(=O)c2ccco2)c1. The van der Waals surface area contributed by atoms with E-state index in [9.17, 15) is 9.90 Å². The van der Waals surface area contributed by atoms with Crippen molar-refractivity contribution < 1.29 is 14.3 Å². The summed E-state index contributed by atoms with van der Waals surface area (Å²) in [7, 11) is 0. The van der Waals surface area contributed by atoms with Crippen LogP contribution in [0, 0.1) is 0 Å². The van der Waals surface area contributed by atoms with E-state index in [1.165, 1.54) is 6.26 Å². The Morgan fingerprint density at radius 2 is 2.18 bits per heavy atom. The number of amides is 1. The predicted molar refractivity (Wildman–Crippen MR) is 63.7 cm³/mol. The number of nitrogens with one attached hydrogen (secondary N) is 1. The second-order valence-electron chi connectivity index (χ2n) is 3.73. The highest BCUT2D eigenvalue weighted by molar-refractivity contribution is 6.02. The van der Waals surface area contributed by atoms with Crippen LogP contribution in [0.15, 0.2) is 47.1 Å². The fourth-order valence-electron chi connectivity index (χ4n) is 1.48. The number of carbonyl (C=O) groups is 1. The summed E-state index contributed by atoms with van der Waals surface area (Å²) in [6, 6.07) is 10.3. The standard InChI is InChI=1S/C13H13NO3/c1-9(15)10-4-2-5-11(8-10)14-13(16)12-6-3-7-17-12/h2-9,15H,1H3,(H,14,16)/t9-/m0/s1. The van der Waals surface area contributed by atoms with Crippen LogP contribution in [0.4, 0.5) is 5.69 Å². The quantitative estimate of drug-likeness (QED) is 0.853. The molecule has 2 N–H and O–H groups in total. The van der Waals surface area contributed by atoms with E-state index >= 15 is 0 Å². The summed E-state index contributed by atoms with van der Waals surface area (Å²) in [5.74, 6) is -0.0507. The van der Waals surface area contributed by atoms with Gasteiger partial charge in [0.25, 0.3) is 5.91 Å². The molecule has 0 aliphatic heterocycles. The molecule has 1 atom stereocenters. The molecule has 0 fully saturated rings. The van der Waals surface area contributed by atoms with Gasteiger partial charge in [-0.2, -0.15) is 0 Å². The Kier molecular flexibility index (Phi) is 3.25. The highest BCUT2D eigenvalue weighted by atomic mass is 16.3. The van der Waals surface area contributed by atoms with Crippen LogP contribution in [0.5, 0.6) is 0 Å². The van der Waals surface area contributed by atoms with Crippen molar-refractivity contribution in [2.45, 2.75) is 13.0 Å². The fourth-order valence-corrected chi connectivity index (χ4v) is 1.48. The van der Waals surface area contributed by atoms with Gasteiger partial charge in [0.05, 0.1) is 12.4 Å². The Bertz CT molecular complexity index is 503. The van der Waals surface area contributed by atoms with Crippen LogP contribution < -0.4 is 5.32 Å². The van der Waals surface area contributed by atoms with E-state index in [4.69, 9.17) is 4.42 Å². The van der Waals surface area contributed by atoms with Crippen LogP contribution in [0.25, 0.3) is 0 Å². The highest BCUT2D eigenvalue weighted by Crippen LogP contribution is 2.17. The van der Waals surface area contributed by atoms with E-state index in [1.54, 1.807) is 43.3 Å². The molecule has 1 amide bonds. The number of benzene rings is 1. The largest absolute Gasteiger partial charge is 0.459 e. The molecule has 0 unspecified atom stereocenters. The summed E-state index contributed by atoms with van der Waals surface area (Å²) in [6.45, 7) is 1.67. The Morgan fingerprint density at radius 3 is 2.82 bits per heavy atom. The third kappa shape index (κ3) is 2.73. The lowest BCUT2D eigenvalue weighted by molar-refractivity contribution is 0.0996. The van der Waals surface area contributed by atoms with Crippen LogP contribution >= 0.6 is 0 Å². The monoisotopic (exact) mass is 231 g/mol. The van der Waals surface area contributed by atoms with Crippen molar-refractivity contribution in [3.63, 3.8) is 0 Å². The van der Waals surface area contributed by atoms with E-state index in [0.717, 1.165) is 5.56 Å². The number of carbonyl (C=O) groups excluding carboxylic acids is 1. The molecule has 2 rings (SSSR count). The fraction of sp³-hybridized carbons (Fsp3) is 0.154. The molecule has 17 heavy (non-hydrogen) atoms. The zero-order valence-electron chi connectivity index (χ0n) is 9.38. The third-order valence-corrected chi connectivity index (χ3v) is 2.37. The van der Waals surface area contributed by atoms with E-state index in [1.807, 2.05) is 0 Å². The molecule has 0 spiro atoms. The van der Waals surface area contributed by atoms with Crippen molar-refractivity contribution in [1.82, 2.24) is 0 Å². The summed E-state index contributed by atoms with van der Waals surface area (Å²) in [5.41, 5.74) is 1.38. The highest BCUT2D eigenvalue weighted by Gasteiger charge is 2.09. The Balaban J connectivity index is 2.14. The first-order valence-corrected chi connectivity index (χ1v) is 5.29. The lowest BCUT2D eigenvalue weighted by atomic mass is 10.1. The maximum atomic E-state index is 11.7. The van der Waals surface area contributed by atoms with Crippen molar-refractivity contribution in [3.05, 3.63) is 54.0 Å². The Morgan fingerprint density at radius 1 is 1.35 bits per heavy atom. The topological polar surface area (TPSA) is 62.5 Å². The van der Waals surface area contributed by atoms with E-state index in [0.29, 0.717) is 5.69 Å². The van der Waals surface area contributed by atoms with E-state index < -0.39 is 6.10 Å². The van der Waals surface area contributed by atoms with Crippen molar-refractivity contribution in [1.29, 1.82) is 0 Å². The van der Waals surface area contributed by atoms with Crippen molar-refractivity contribution in [2.24, 2.45) is 0 Å². The van der Waals surface area contributed by atoms with Crippen molar-refractivity contribution >= 4 is 11.6 Å². The maximum absolute atomic E-state index is 11.7. The van der Waals surface area contributed by atoms with Crippen molar-refractivity contribution in [2.75, 3.05) is 5.32 Å². The molecule has 0 saturated carbocycles. The van der Waals surface area contributed by atoms with Gasteiger partial charge in [-0.3, -0.25) is 4.79 Å². The van der Waals surface area contributed by atoms with Crippen LogP contribution in [0.2, 0.25) is 0 Å². The minimum atomic E-state index is -0.560.